The van der Waals surface area contributed by atoms with Crippen molar-refractivity contribution >= 4 is 23.6 Å². The zero-order valence-corrected chi connectivity index (χ0v) is 18.7. The number of thioether (sulfide) groups is 1. The molecular formula is C22H31N5O2S. The summed E-state index contributed by atoms with van der Waals surface area (Å²) in [5.41, 5.74) is 2.19. The van der Waals surface area contributed by atoms with Crippen molar-refractivity contribution in [3.63, 3.8) is 0 Å². The van der Waals surface area contributed by atoms with Crippen molar-refractivity contribution in [3.05, 3.63) is 29.8 Å². The average Bonchev–Trinajstić information content (AvgIpc) is 3.18. The summed E-state index contributed by atoms with van der Waals surface area (Å²) in [5.74, 6) is 0.897. The van der Waals surface area contributed by atoms with Gasteiger partial charge in [0, 0.05) is 19.1 Å². The van der Waals surface area contributed by atoms with Crippen LogP contribution in [0.25, 0.3) is 5.69 Å². The molecule has 1 amide bonds. The molecule has 1 atom stereocenters. The SMILES string of the molecule is Cc1ccccc1-n1c(SC(C)C(=O)NC2CCCCC2)nnc1N1CCOCC1. The fraction of sp³-hybridized carbons (Fsp3) is 0.591. The first-order valence-electron chi connectivity index (χ1n) is 10.9. The summed E-state index contributed by atoms with van der Waals surface area (Å²) in [5, 5.41) is 12.8. The number of benzene rings is 1. The molecule has 2 fully saturated rings. The summed E-state index contributed by atoms with van der Waals surface area (Å²) in [6.45, 7) is 6.98. The molecule has 1 saturated carbocycles. The van der Waals surface area contributed by atoms with Crippen LogP contribution < -0.4 is 10.2 Å². The predicted octanol–water partition coefficient (Wildman–Crippen LogP) is 3.34. The van der Waals surface area contributed by atoms with Crippen LogP contribution in [0.15, 0.2) is 29.4 Å². The number of aryl methyl sites for hydroxylation is 1. The summed E-state index contributed by atoms with van der Waals surface area (Å²) < 4.78 is 7.60. The number of carbonyl (C=O) groups excluding carboxylic acids is 1. The largest absolute Gasteiger partial charge is 0.378 e. The molecule has 1 aromatic carbocycles. The number of carbonyl (C=O) groups is 1. The Labute approximate surface area is 182 Å². The third kappa shape index (κ3) is 4.81. The van der Waals surface area contributed by atoms with Gasteiger partial charge in [0.15, 0.2) is 5.16 Å². The van der Waals surface area contributed by atoms with E-state index >= 15 is 0 Å². The number of nitrogens with one attached hydrogen (secondary N) is 1. The molecule has 1 unspecified atom stereocenters. The number of para-hydroxylation sites is 1. The number of anilines is 1. The van der Waals surface area contributed by atoms with Crippen LogP contribution in [-0.2, 0) is 9.53 Å². The van der Waals surface area contributed by atoms with E-state index in [2.05, 4.69) is 44.0 Å². The number of hydrogen-bond donors (Lipinski definition) is 1. The number of morpholine rings is 1. The zero-order valence-electron chi connectivity index (χ0n) is 17.8. The van der Waals surface area contributed by atoms with Gasteiger partial charge in [-0.3, -0.25) is 9.36 Å². The molecule has 2 aliphatic rings. The summed E-state index contributed by atoms with van der Waals surface area (Å²) >= 11 is 1.47. The zero-order chi connectivity index (χ0) is 20.9. The van der Waals surface area contributed by atoms with Crippen molar-refractivity contribution in [2.45, 2.75) is 62.4 Å². The topological polar surface area (TPSA) is 72.3 Å². The van der Waals surface area contributed by atoms with E-state index in [4.69, 9.17) is 4.74 Å². The summed E-state index contributed by atoms with van der Waals surface area (Å²) in [7, 11) is 0. The minimum atomic E-state index is -0.239. The van der Waals surface area contributed by atoms with Crippen LogP contribution in [-0.4, -0.2) is 58.3 Å². The second-order valence-corrected chi connectivity index (χ2v) is 9.42. The Hall–Kier alpha value is -2.06. The van der Waals surface area contributed by atoms with Crippen molar-refractivity contribution in [1.29, 1.82) is 0 Å². The molecule has 1 aliphatic carbocycles. The predicted molar refractivity (Wildman–Crippen MR) is 119 cm³/mol. The Bertz CT molecular complexity index is 859. The quantitative estimate of drug-likeness (QED) is 0.710. The van der Waals surface area contributed by atoms with Crippen molar-refractivity contribution in [2.75, 3.05) is 31.2 Å². The van der Waals surface area contributed by atoms with Crippen molar-refractivity contribution < 1.29 is 9.53 Å². The van der Waals surface area contributed by atoms with Gasteiger partial charge in [-0.15, -0.1) is 10.2 Å². The van der Waals surface area contributed by atoms with Gasteiger partial charge in [-0.05, 0) is 38.3 Å². The minimum Gasteiger partial charge on any atom is -0.378 e. The van der Waals surface area contributed by atoms with Crippen LogP contribution in [0.5, 0.6) is 0 Å². The second-order valence-electron chi connectivity index (χ2n) is 8.11. The van der Waals surface area contributed by atoms with Crippen molar-refractivity contribution in [2.24, 2.45) is 0 Å². The fourth-order valence-corrected chi connectivity index (χ4v) is 4.97. The van der Waals surface area contributed by atoms with Gasteiger partial charge in [-0.2, -0.15) is 0 Å². The number of nitrogens with zero attached hydrogens (tertiary/aromatic N) is 4. The van der Waals surface area contributed by atoms with E-state index in [1.807, 2.05) is 19.1 Å². The smallest absolute Gasteiger partial charge is 0.233 e. The van der Waals surface area contributed by atoms with E-state index in [-0.39, 0.29) is 11.2 Å². The number of rotatable bonds is 6. The molecule has 7 nitrogen and oxygen atoms in total. The first-order chi connectivity index (χ1) is 14.6. The number of amides is 1. The van der Waals surface area contributed by atoms with Crippen LogP contribution in [0.4, 0.5) is 5.95 Å². The van der Waals surface area contributed by atoms with Crippen LogP contribution in [0, 0.1) is 6.92 Å². The Morgan fingerprint density at radius 3 is 2.63 bits per heavy atom. The lowest BCUT2D eigenvalue weighted by Gasteiger charge is -2.28. The third-order valence-electron chi connectivity index (χ3n) is 5.87. The van der Waals surface area contributed by atoms with Gasteiger partial charge in [-0.25, -0.2) is 0 Å². The first-order valence-corrected chi connectivity index (χ1v) is 11.8. The maximum atomic E-state index is 12.8. The van der Waals surface area contributed by atoms with E-state index in [9.17, 15) is 4.79 Å². The van der Waals surface area contributed by atoms with Gasteiger partial charge >= 0.3 is 0 Å². The van der Waals surface area contributed by atoms with Crippen molar-refractivity contribution in [1.82, 2.24) is 20.1 Å². The molecule has 1 saturated heterocycles. The minimum absolute atomic E-state index is 0.0826. The van der Waals surface area contributed by atoms with Crippen LogP contribution in [0.3, 0.4) is 0 Å². The third-order valence-corrected chi connectivity index (χ3v) is 6.91. The average molecular weight is 430 g/mol. The van der Waals surface area contributed by atoms with E-state index in [0.717, 1.165) is 48.3 Å². The maximum absolute atomic E-state index is 12.8. The Morgan fingerprint density at radius 1 is 1.17 bits per heavy atom. The van der Waals surface area contributed by atoms with Crippen LogP contribution >= 0.6 is 11.8 Å². The first kappa shape index (κ1) is 21.2. The highest BCUT2D eigenvalue weighted by Gasteiger charge is 2.26. The lowest BCUT2D eigenvalue weighted by Crippen LogP contribution is -2.40. The number of ether oxygens (including phenoxy) is 1. The Balaban J connectivity index is 1.57. The molecule has 1 N–H and O–H groups in total. The fourth-order valence-electron chi connectivity index (χ4n) is 4.11. The van der Waals surface area contributed by atoms with E-state index in [1.165, 1.54) is 31.0 Å². The molecule has 2 aromatic rings. The molecule has 2 heterocycles. The van der Waals surface area contributed by atoms with Gasteiger partial charge < -0.3 is 15.0 Å². The molecule has 4 rings (SSSR count). The normalized spacial score (nSPS) is 18.9. The Kier molecular flexibility index (Phi) is 6.94. The van der Waals surface area contributed by atoms with Gasteiger partial charge in [0.25, 0.3) is 0 Å². The molecule has 0 radical (unpaired) electrons. The van der Waals surface area contributed by atoms with Crippen LogP contribution in [0.1, 0.15) is 44.6 Å². The van der Waals surface area contributed by atoms with Crippen LogP contribution in [0.2, 0.25) is 0 Å². The van der Waals surface area contributed by atoms with E-state index < -0.39 is 0 Å². The van der Waals surface area contributed by atoms with E-state index in [1.54, 1.807) is 0 Å². The monoisotopic (exact) mass is 429 g/mol. The highest BCUT2D eigenvalue weighted by Crippen LogP contribution is 2.31. The molecule has 1 aromatic heterocycles. The second kappa shape index (κ2) is 9.83. The Morgan fingerprint density at radius 2 is 1.90 bits per heavy atom. The molecule has 0 spiro atoms. The summed E-state index contributed by atoms with van der Waals surface area (Å²) in [6, 6.07) is 8.54. The van der Waals surface area contributed by atoms with Gasteiger partial charge in [0.2, 0.25) is 11.9 Å². The highest BCUT2D eigenvalue weighted by molar-refractivity contribution is 8.00. The molecule has 0 bridgehead atoms. The molecular weight excluding hydrogens is 398 g/mol. The van der Waals surface area contributed by atoms with E-state index in [0.29, 0.717) is 19.3 Å². The van der Waals surface area contributed by atoms with Gasteiger partial charge in [0.1, 0.15) is 0 Å². The maximum Gasteiger partial charge on any atom is 0.233 e. The molecule has 162 valence electrons. The lowest BCUT2D eigenvalue weighted by molar-refractivity contribution is -0.121. The molecule has 30 heavy (non-hydrogen) atoms. The summed E-state index contributed by atoms with van der Waals surface area (Å²) in [6.07, 6.45) is 5.86. The highest BCUT2D eigenvalue weighted by atomic mass is 32.2. The van der Waals surface area contributed by atoms with Crippen molar-refractivity contribution in [3.8, 4) is 5.69 Å². The van der Waals surface area contributed by atoms with Gasteiger partial charge in [-0.1, -0.05) is 49.2 Å². The van der Waals surface area contributed by atoms with Gasteiger partial charge in [0.05, 0.1) is 24.2 Å². The number of aromatic nitrogens is 3. The lowest BCUT2D eigenvalue weighted by atomic mass is 9.95. The summed E-state index contributed by atoms with van der Waals surface area (Å²) in [4.78, 5) is 15.0. The number of hydrogen-bond acceptors (Lipinski definition) is 6. The molecule has 8 heteroatoms. The molecule has 1 aliphatic heterocycles. The standard InChI is InChI=1S/C22H31N5O2S/c1-16-8-6-7-11-19(16)27-21(26-12-14-29-15-13-26)24-25-22(27)30-17(2)20(28)23-18-9-4-3-5-10-18/h6-8,11,17-18H,3-5,9-10,12-15H2,1-2H3,(H,23,28).